The van der Waals surface area contributed by atoms with E-state index in [4.69, 9.17) is 4.74 Å². The van der Waals surface area contributed by atoms with Gasteiger partial charge in [-0.05, 0) is 0 Å². The van der Waals surface area contributed by atoms with Crippen LogP contribution in [0, 0.1) is 0 Å². The molecule has 1 heterocycles. The summed E-state index contributed by atoms with van der Waals surface area (Å²) in [5.74, 6) is -0.0732. The van der Waals surface area contributed by atoms with Gasteiger partial charge in [0.25, 0.3) is 0 Å². The summed E-state index contributed by atoms with van der Waals surface area (Å²) in [6.45, 7) is 1.93. The van der Waals surface area contributed by atoms with Crippen LogP contribution in [0.1, 0.15) is 18.5 Å². The third-order valence-electron chi connectivity index (χ3n) is 1.84. The molecule has 14 heavy (non-hydrogen) atoms. The lowest BCUT2D eigenvalue weighted by atomic mass is 10.2. The first-order valence-corrected chi connectivity index (χ1v) is 4.38. The standard InChI is InChI=1S/C9H15N3O2/c1-7(13)11-9(6-14-3)8-4-10-12(2)5-8/h4-5,9H,6H2,1-3H3,(H,11,13). The molecule has 0 aliphatic rings. The van der Waals surface area contributed by atoms with Crippen LogP contribution in [0.3, 0.4) is 0 Å². The van der Waals surface area contributed by atoms with Gasteiger partial charge in [-0.15, -0.1) is 0 Å². The summed E-state index contributed by atoms with van der Waals surface area (Å²) in [6.07, 6.45) is 3.58. The lowest BCUT2D eigenvalue weighted by Crippen LogP contribution is -2.28. The first kappa shape index (κ1) is 10.7. The van der Waals surface area contributed by atoms with Gasteiger partial charge in [0.05, 0.1) is 18.8 Å². The van der Waals surface area contributed by atoms with Crippen LogP contribution in [-0.2, 0) is 16.6 Å². The Labute approximate surface area is 83.1 Å². The number of aromatic nitrogens is 2. The Morgan fingerprint density at radius 3 is 2.93 bits per heavy atom. The fraction of sp³-hybridized carbons (Fsp3) is 0.556. The number of rotatable bonds is 4. The zero-order chi connectivity index (χ0) is 10.6. The lowest BCUT2D eigenvalue weighted by Gasteiger charge is -2.14. The van der Waals surface area contributed by atoms with E-state index in [0.717, 1.165) is 5.56 Å². The van der Waals surface area contributed by atoms with Crippen LogP contribution < -0.4 is 5.32 Å². The molecule has 0 radical (unpaired) electrons. The Balaban J connectivity index is 2.71. The number of ether oxygens (including phenoxy) is 1. The average Bonchev–Trinajstić information content (AvgIpc) is 2.50. The predicted octanol–water partition coefficient (Wildman–Crippen LogP) is 0.244. The zero-order valence-corrected chi connectivity index (χ0v) is 8.65. The van der Waals surface area contributed by atoms with Gasteiger partial charge in [-0.25, -0.2) is 0 Å². The Morgan fingerprint density at radius 2 is 2.50 bits per heavy atom. The second-order valence-corrected chi connectivity index (χ2v) is 3.16. The van der Waals surface area contributed by atoms with Crippen LogP contribution in [0.2, 0.25) is 0 Å². The van der Waals surface area contributed by atoms with Gasteiger partial charge in [0.1, 0.15) is 0 Å². The molecule has 1 atom stereocenters. The summed E-state index contributed by atoms with van der Waals surface area (Å²) in [5, 5.41) is 6.83. The molecule has 5 heteroatoms. The van der Waals surface area contributed by atoms with Gasteiger partial charge in [0.15, 0.2) is 0 Å². The fourth-order valence-electron chi connectivity index (χ4n) is 1.25. The van der Waals surface area contributed by atoms with Gasteiger partial charge < -0.3 is 10.1 Å². The van der Waals surface area contributed by atoms with Gasteiger partial charge in [0.2, 0.25) is 5.91 Å². The highest BCUT2D eigenvalue weighted by Crippen LogP contribution is 2.11. The first-order valence-electron chi connectivity index (χ1n) is 4.38. The molecular weight excluding hydrogens is 182 g/mol. The highest BCUT2D eigenvalue weighted by atomic mass is 16.5. The smallest absolute Gasteiger partial charge is 0.217 e. The molecule has 1 rings (SSSR count). The van der Waals surface area contributed by atoms with Crippen molar-refractivity contribution >= 4 is 5.91 Å². The molecule has 1 aromatic heterocycles. The van der Waals surface area contributed by atoms with Crippen molar-refractivity contribution in [1.29, 1.82) is 0 Å². The molecule has 1 N–H and O–H groups in total. The zero-order valence-electron chi connectivity index (χ0n) is 8.65. The summed E-state index contributed by atoms with van der Waals surface area (Å²) in [7, 11) is 3.44. The molecule has 0 bridgehead atoms. The van der Waals surface area contributed by atoms with Crippen LogP contribution in [-0.4, -0.2) is 29.4 Å². The van der Waals surface area contributed by atoms with E-state index in [1.807, 2.05) is 13.2 Å². The third kappa shape index (κ3) is 2.85. The maximum atomic E-state index is 10.9. The van der Waals surface area contributed by atoms with Crippen molar-refractivity contribution < 1.29 is 9.53 Å². The maximum Gasteiger partial charge on any atom is 0.217 e. The minimum absolute atomic E-state index is 0.0732. The Morgan fingerprint density at radius 1 is 1.79 bits per heavy atom. The molecule has 0 aliphatic carbocycles. The monoisotopic (exact) mass is 197 g/mol. The van der Waals surface area contributed by atoms with E-state index in [-0.39, 0.29) is 11.9 Å². The van der Waals surface area contributed by atoms with Crippen molar-refractivity contribution in [2.24, 2.45) is 7.05 Å². The Bertz CT molecular complexity index is 309. The Kier molecular flexibility index (Phi) is 3.64. The third-order valence-corrected chi connectivity index (χ3v) is 1.84. The summed E-state index contributed by atoms with van der Waals surface area (Å²) in [6, 6.07) is -0.119. The molecule has 0 aliphatic heterocycles. The molecule has 1 amide bonds. The van der Waals surface area contributed by atoms with Gasteiger partial charge in [-0.2, -0.15) is 5.10 Å². The highest BCUT2D eigenvalue weighted by Gasteiger charge is 2.13. The second-order valence-electron chi connectivity index (χ2n) is 3.16. The van der Waals surface area contributed by atoms with E-state index in [1.165, 1.54) is 6.92 Å². The van der Waals surface area contributed by atoms with Crippen LogP contribution in [0.15, 0.2) is 12.4 Å². The number of hydrogen-bond donors (Lipinski definition) is 1. The fourth-order valence-corrected chi connectivity index (χ4v) is 1.25. The van der Waals surface area contributed by atoms with Crippen LogP contribution in [0.4, 0.5) is 0 Å². The maximum absolute atomic E-state index is 10.9. The number of methoxy groups -OCH3 is 1. The van der Waals surface area contributed by atoms with Crippen molar-refractivity contribution in [2.45, 2.75) is 13.0 Å². The molecule has 0 aromatic carbocycles. The highest BCUT2D eigenvalue weighted by molar-refractivity contribution is 5.73. The van der Waals surface area contributed by atoms with Gasteiger partial charge >= 0.3 is 0 Å². The van der Waals surface area contributed by atoms with Crippen LogP contribution in [0.5, 0.6) is 0 Å². The minimum atomic E-state index is -0.119. The summed E-state index contributed by atoms with van der Waals surface area (Å²) >= 11 is 0. The van der Waals surface area contributed by atoms with E-state index >= 15 is 0 Å². The molecule has 0 fully saturated rings. The number of amides is 1. The molecule has 1 unspecified atom stereocenters. The van der Waals surface area contributed by atoms with Crippen molar-refractivity contribution in [3.8, 4) is 0 Å². The summed E-state index contributed by atoms with van der Waals surface area (Å²) in [4.78, 5) is 10.9. The van der Waals surface area contributed by atoms with Crippen molar-refractivity contribution in [3.05, 3.63) is 18.0 Å². The molecule has 0 saturated heterocycles. The Hall–Kier alpha value is -1.36. The predicted molar refractivity (Wildman–Crippen MR) is 51.6 cm³/mol. The van der Waals surface area contributed by atoms with Gasteiger partial charge in [-0.1, -0.05) is 0 Å². The van der Waals surface area contributed by atoms with E-state index in [0.29, 0.717) is 6.61 Å². The topological polar surface area (TPSA) is 56.1 Å². The normalized spacial score (nSPS) is 12.5. The lowest BCUT2D eigenvalue weighted by molar-refractivity contribution is -0.120. The molecule has 0 saturated carbocycles. The van der Waals surface area contributed by atoms with E-state index < -0.39 is 0 Å². The number of carbonyl (C=O) groups is 1. The van der Waals surface area contributed by atoms with Gasteiger partial charge in [0, 0.05) is 32.8 Å². The number of hydrogen-bond acceptors (Lipinski definition) is 3. The van der Waals surface area contributed by atoms with Crippen molar-refractivity contribution in [1.82, 2.24) is 15.1 Å². The van der Waals surface area contributed by atoms with Gasteiger partial charge in [-0.3, -0.25) is 9.48 Å². The van der Waals surface area contributed by atoms with E-state index in [1.54, 1.807) is 18.0 Å². The first-order chi connectivity index (χ1) is 6.63. The van der Waals surface area contributed by atoms with E-state index in [2.05, 4.69) is 10.4 Å². The molecule has 5 nitrogen and oxygen atoms in total. The quantitative estimate of drug-likeness (QED) is 0.752. The minimum Gasteiger partial charge on any atom is -0.382 e. The van der Waals surface area contributed by atoms with Crippen molar-refractivity contribution in [2.75, 3.05) is 13.7 Å². The SMILES string of the molecule is COCC(NC(C)=O)c1cnn(C)c1. The number of carbonyl (C=O) groups excluding carboxylic acids is 1. The molecule has 78 valence electrons. The summed E-state index contributed by atoms with van der Waals surface area (Å²) in [5.41, 5.74) is 0.949. The average molecular weight is 197 g/mol. The van der Waals surface area contributed by atoms with E-state index in [9.17, 15) is 4.79 Å². The van der Waals surface area contributed by atoms with Crippen molar-refractivity contribution in [3.63, 3.8) is 0 Å². The molecular formula is C9H15N3O2. The second kappa shape index (κ2) is 4.76. The van der Waals surface area contributed by atoms with Crippen LogP contribution in [0.25, 0.3) is 0 Å². The number of aryl methyl sites for hydroxylation is 1. The van der Waals surface area contributed by atoms with Crippen LogP contribution >= 0.6 is 0 Å². The summed E-state index contributed by atoms with van der Waals surface area (Å²) < 4.78 is 6.71. The number of nitrogens with one attached hydrogen (secondary N) is 1. The number of nitrogens with zero attached hydrogens (tertiary/aromatic N) is 2. The molecule has 1 aromatic rings. The largest absolute Gasteiger partial charge is 0.382 e. The molecule has 0 spiro atoms.